The summed E-state index contributed by atoms with van der Waals surface area (Å²) in [6, 6.07) is 14.2. The number of hydrogen-bond donors (Lipinski definition) is 0. The van der Waals surface area contributed by atoms with Crippen molar-refractivity contribution in [1.29, 1.82) is 0 Å². The maximum absolute atomic E-state index is 5.69. The van der Waals surface area contributed by atoms with Gasteiger partial charge < -0.3 is 14.4 Å². The Morgan fingerprint density at radius 3 is 2.71 bits per heavy atom. The smallest absolute Gasteiger partial charge is 0.161 e. The van der Waals surface area contributed by atoms with Crippen LogP contribution in [0.2, 0.25) is 0 Å². The van der Waals surface area contributed by atoms with Crippen LogP contribution in [0.3, 0.4) is 0 Å². The van der Waals surface area contributed by atoms with Gasteiger partial charge >= 0.3 is 0 Å². The molecule has 0 amide bonds. The fourth-order valence-electron chi connectivity index (χ4n) is 2.99. The van der Waals surface area contributed by atoms with Crippen molar-refractivity contribution in [2.75, 3.05) is 24.7 Å². The number of fused-ring (bicyclic) bond motifs is 2. The van der Waals surface area contributed by atoms with E-state index in [0.29, 0.717) is 13.2 Å². The molecule has 1 aliphatic heterocycles. The van der Waals surface area contributed by atoms with Crippen LogP contribution in [0.5, 0.6) is 11.5 Å². The van der Waals surface area contributed by atoms with E-state index in [9.17, 15) is 0 Å². The van der Waals surface area contributed by atoms with E-state index in [-0.39, 0.29) is 0 Å². The SMILES string of the molecule is CCN(Cc1ccc2c(c1)OCCO2)c1ncnc2ccccc12. The minimum Gasteiger partial charge on any atom is -0.486 e. The summed E-state index contributed by atoms with van der Waals surface area (Å²) < 4.78 is 11.3. The number of ether oxygens (including phenoxy) is 2. The zero-order chi connectivity index (χ0) is 16.4. The molecule has 24 heavy (non-hydrogen) atoms. The quantitative estimate of drug-likeness (QED) is 0.737. The zero-order valence-corrected chi connectivity index (χ0v) is 13.6. The molecule has 0 atom stereocenters. The van der Waals surface area contributed by atoms with Crippen LogP contribution in [0.25, 0.3) is 10.9 Å². The van der Waals surface area contributed by atoms with Crippen molar-refractivity contribution in [3.05, 3.63) is 54.4 Å². The van der Waals surface area contributed by atoms with Crippen LogP contribution in [-0.2, 0) is 6.54 Å². The number of benzene rings is 2. The van der Waals surface area contributed by atoms with Crippen molar-refractivity contribution in [2.45, 2.75) is 13.5 Å². The van der Waals surface area contributed by atoms with Gasteiger partial charge in [0.2, 0.25) is 0 Å². The number of rotatable bonds is 4. The number of aromatic nitrogens is 2. The van der Waals surface area contributed by atoms with Crippen molar-refractivity contribution < 1.29 is 9.47 Å². The molecule has 0 spiro atoms. The van der Waals surface area contributed by atoms with Gasteiger partial charge in [-0.25, -0.2) is 9.97 Å². The Morgan fingerprint density at radius 1 is 1.00 bits per heavy atom. The maximum Gasteiger partial charge on any atom is 0.161 e. The van der Waals surface area contributed by atoms with E-state index in [1.165, 1.54) is 5.56 Å². The molecular weight excluding hydrogens is 302 g/mol. The summed E-state index contributed by atoms with van der Waals surface area (Å²) in [5.41, 5.74) is 2.13. The summed E-state index contributed by atoms with van der Waals surface area (Å²) in [7, 11) is 0. The number of anilines is 1. The van der Waals surface area contributed by atoms with E-state index in [1.807, 2.05) is 24.3 Å². The molecule has 4 rings (SSSR count). The molecule has 3 aromatic rings. The zero-order valence-electron chi connectivity index (χ0n) is 13.6. The third kappa shape index (κ3) is 2.73. The summed E-state index contributed by atoms with van der Waals surface area (Å²) >= 11 is 0. The van der Waals surface area contributed by atoms with E-state index >= 15 is 0 Å². The highest BCUT2D eigenvalue weighted by atomic mass is 16.6. The largest absolute Gasteiger partial charge is 0.486 e. The van der Waals surface area contributed by atoms with Gasteiger partial charge in [-0.15, -0.1) is 0 Å². The van der Waals surface area contributed by atoms with Gasteiger partial charge in [-0.3, -0.25) is 0 Å². The minimum atomic E-state index is 0.602. The van der Waals surface area contributed by atoms with Crippen molar-refractivity contribution in [1.82, 2.24) is 9.97 Å². The molecule has 2 aromatic carbocycles. The summed E-state index contributed by atoms with van der Waals surface area (Å²) in [6.07, 6.45) is 1.63. The number of hydrogen-bond acceptors (Lipinski definition) is 5. The average Bonchev–Trinajstić information content (AvgIpc) is 2.65. The van der Waals surface area contributed by atoms with Gasteiger partial charge in [-0.1, -0.05) is 18.2 Å². The molecule has 0 saturated heterocycles. The van der Waals surface area contributed by atoms with Gasteiger partial charge in [-0.2, -0.15) is 0 Å². The molecule has 1 aliphatic rings. The summed E-state index contributed by atoms with van der Waals surface area (Å²) in [4.78, 5) is 11.1. The van der Waals surface area contributed by atoms with Gasteiger partial charge in [0.1, 0.15) is 25.4 Å². The second-order valence-corrected chi connectivity index (χ2v) is 5.71. The molecule has 2 heterocycles. The fraction of sp³-hybridized carbons (Fsp3) is 0.263. The minimum absolute atomic E-state index is 0.602. The lowest BCUT2D eigenvalue weighted by atomic mass is 10.1. The molecule has 1 aromatic heterocycles. The van der Waals surface area contributed by atoms with Crippen LogP contribution < -0.4 is 14.4 Å². The first kappa shape index (κ1) is 14.8. The second kappa shape index (κ2) is 6.35. The first-order valence-corrected chi connectivity index (χ1v) is 8.18. The molecule has 5 heteroatoms. The molecule has 0 bridgehead atoms. The maximum atomic E-state index is 5.69. The van der Waals surface area contributed by atoms with E-state index < -0.39 is 0 Å². The Hall–Kier alpha value is -2.82. The first-order chi connectivity index (χ1) is 11.8. The lowest BCUT2D eigenvalue weighted by molar-refractivity contribution is 0.171. The van der Waals surface area contributed by atoms with Crippen LogP contribution in [0.15, 0.2) is 48.8 Å². The van der Waals surface area contributed by atoms with Gasteiger partial charge in [0, 0.05) is 18.5 Å². The predicted molar refractivity (Wildman–Crippen MR) is 93.7 cm³/mol. The normalized spacial score (nSPS) is 13.0. The number of nitrogens with zero attached hydrogens (tertiary/aromatic N) is 3. The Balaban J connectivity index is 1.66. The number of para-hydroxylation sites is 1. The van der Waals surface area contributed by atoms with Gasteiger partial charge in [0.05, 0.1) is 5.52 Å². The summed E-state index contributed by atoms with van der Waals surface area (Å²) in [5, 5.41) is 1.07. The Morgan fingerprint density at radius 2 is 1.83 bits per heavy atom. The molecule has 0 fully saturated rings. The molecule has 0 aliphatic carbocycles. The van der Waals surface area contributed by atoms with Gasteiger partial charge in [0.15, 0.2) is 11.5 Å². The van der Waals surface area contributed by atoms with E-state index in [0.717, 1.165) is 41.3 Å². The third-order valence-electron chi connectivity index (χ3n) is 4.18. The Kier molecular flexibility index (Phi) is 3.91. The van der Waals surface area contributed by atoms with Crippen LogP contribution in [0, 0.1) is 0 Å². The van der Waals surface area contributed by atoms with Gasteiger partial charge in [-0.05, 0) is 36.8 Å². The highest BCUT2D eigenvalue weighted by Crippen LogP contribution is 2.32. The van der Waals surface area contributed by atoms with E-state index in [1.54, 1.807) is 6.33 Å². The van der Waals surface area contributed by atoms with Crippen molar-refractivity contribution in [3.8, 4) is 11.5 Å². The van der Waals surface area contributed by atoms with Crippen molar-refractivity contribution >= 4 is 16.7 Å². The molecule has 0 unspecified atom stereocenters. The topological polar surface area (TPSA) is 47.5 Å². The van der Waals surface area contributed by atoms with Crippen LogP contribution in [-0.4, -0.2) is 29.7 Å². The molecule has 0 radical (unpaired) electrons. The molecule has 5 nitrogen and oxygen atoms in total. The first-order valence-electron chi connectivity index (χ1n) is 8.18. The van der Waals surface area contributed by atoms with Crippen LogP contribution in [0.4, 0.5) is 5.82 Å². The van der Waals surface area contributed by atoms with E-state index in [2.05, 4.69) is 40.0 Å². The van der Waals surface area contributed by atoms with E-state index in [4.69, 9.17) is 9.47 Å². The Bertz CT molecular complexity index is 861. The second-order valence-electron chi connectivity index (χ2n) is 5.71. The van der Waals surface area contributed by atoms with Crippen molar-refractivity contribution in [2.24, 2.45) is 0 Å². The third-order valence-corrected chi connectivity index (χ3v) is 4.18. The summed E-state index contributed by atoms with van der Waals surface area (Å²) in [5.74, 6) is 2.60. The van der Waals surface area contributed by atoms with Crippen LogP contribution >= 0.6 is 0 Å². The lowest BCUT2D eigenvalue weighted by Crippen LogP contribution is -2.23. The summed E-state index contributed by atoms with van der Waals surface area (Å²) in [6.45, 7) is 4.96. The predicted octanol–water partition coefficient (Wildman–Crippen LogP) is 3.43. The fourth-order valence-corrected chi connectivity index (χ4v) is 2.99. The molecule has 0 saturated carbocycles. The Labute approximate surface area is 140 Å². The molecule has 0 N–H and O–H groups in total. The average molecular weight is 321 g/mol. The highest BCUT2D eigenvalue weighted by molar-refractivity contribution is 5.89. The van der Waals surface area contributed by atoms with Crippen LogP contribution in [0.1, 0.15) is 12.5 Å². The van der Waals surface area contributed by atoms with Gasteiger partial charge in [0.25, 0.3) is 0 Å². The highest BCUT2D eigenvalue weighted by Gasteiger charge is 2.15. The van der Waals surface area contributed by atoms with Crippen molar-refractivity contribution in [3.63, 3.8) is 0 Å². The standard InChI is InChI=1S/C19H19N3O2/c1-2-22(19-15-5-3-4-6-16(15)20-13-21-19)12-14-7-8-17-18(11-14)24-10-9-23-17/h3-8,11,13H,2,9-10,12H2,1H3. The monoisotopic (exact) mass is 321 g/mol. The molecule has 122 valence electrons. The molecular formula is C19H19N3O2. The lowest BCUT2D eigenvalue weighted by Gasteiger charge is -2.24.